The van der Waals surface area contributed by atoms with Crippen molar-refractivity contribution in [3.63, 3.8) is 0 Å². The largest absolute Gasteiger partial charge is 0.444 e. The molecule has 7 nitrogen and oxygen atoms in total. The molecule has 1 aromatic carbocycles. The lowest BCUT2D eigenvalue weighted by Gasteiger charge is -2.30. The third kappa shape index (κ3) is 10.1. The van der Waals surface area contributed by atoms with E-state index in [1.54, 1.807) is 20.8 Å². The molecule has 2 amide bonds. The van der Waals surface area contributed by atoms with Crippen LogP contribution in [0.3, 0.4) is 0 Å². The van der Waals surface area contributed by atoms with E-state index in [1.807, 2.05) is 44.2 Å². The lowest BCUT2D eigenvalue weighted by Crippen LogP contribution is -2.48. The normalized spacial score (nSPS) is 17.4. The molecule has 1 aromatic rings. The monoisotopic (exact) mass is 461 g/mol. The van der Waals surface area contributed by atoms with Gasteiger partial charge in [0, 0.05) is 19.0 Å². The Balaban J connectivity index is 2.01. The standard InChI is InChI=1S/C26H43N3O4/c1-19(2)21(24(31)27-13-16-29-14-9-10-15-29)18-23(30)22(17-20-11-7-6-8-12-20)28-25(32)33-26(3,4)5/h6-8,11-12,19,21-23,30H,9-10,13-18H2,1-5H3,(H,27,31)(H,28,32)/t21-,22+,23+/m1/s1. The fourth-order valence-electron chi connectivity index (χ4n) is 4.19. The average Bonchev–Trinajstić information content (AvgIpc) is 3.24. The van der Waals surface area contributed by atoms with E-state index in [9.17, 15) is 14.7 Å². The summed E-state index contributed by atoms with van der Waals surface area (Å²) in [5.41, 5.74) is 0.357. The van der Waals surface area contributed by atoms with Gasteiger partial charge in [-0.25, -0.2) is 4.79 Å². The van der Waals surface area contributed by atoms with Crippen molar-refractivity contribution in [2.45, 2.75) is 78.0 Å². The SMILES string of the molecule is CC(C)[C@@H](C[C@H](O)[C@H](Cc1ccccc1)NC(=O)OC(C)(C)C)C(=O)NCCN1CCCC1. The first kappa shape index (κ1) is 27.1. The third-order valence-corrected chi connectivity index (χ3v) is 6.03. The first-order chi connectivity index (χ1) is 15.5. The van der Waals surface area contributed by atoms with Crippen LogP contribution in [0.5, 0.6) is 0 Å². The molecule has 0 unspecified atom stereocenters. The maximum absolute atomic E-state index is 12.9. The van der Waals surface area contributed by atoms with Gasteiger partial charge in [-0.05, 0) is 71.0 Å². The van der Waals surface area contributed by atoms with E-state index in [1.165, 1.54) is 12.8 Å². The van der Waals surface area contributed by atoms with E-state index in [0.717, 1.165) is 25.2 Å². The number of rotatable bonds is 11. The number of hydrogen-bond donors (Lipinski definition) is 3. The molecule has 0 bridgehead atoms. The number of aliphatic hydroxyl groups excluding tert-OH is 1. The van der Waals surface area contributed by atoms with Gasteiger partial charge in [0.2, 0.25) is 5.91 Å². The molecule has 1 heterocycles. The fourth-order valence-corrected chi connectivity index (χ4v) is 4.19. The van der Waals surface area contributed by atoms with Gasteiger partial charge in [-0.2, -0.15) is 0 Å². The smallest absolute Gasteiger partial charge is 0.407 e. The highest BCUT2D eigenvalue weighted by molar-refractivity contribution is 5.79. The summed E-state index contributed by atoms with van der Waals surface area (Å²) in [6, 6.07) is 9.13. The van der Waals surface area contributed by atoms with Crippen LogP contribution in [0.4, 0.5) is 4.79 Å². The Morgan fingerprint density at radius 3 is 2.33 bits per heavy atom. The Bertz CT molecular complexity index is 727. The Labute approximate surface area is 199 Å². The highest BCUT2D eigenvalue weighted by atomic mass is 16.6. The van der Waals surface area contributed by atoms with E-state index < -0.39 is 23.8 Å². The Morgan fingerprint density at radius 1 is 1.12 bits per heavy atom. The number of nitrogens with one attached hydrogen (secondary N) is 2. The van der Waals surface area contributed by atoms with Crippen molar-refractivity contribution in [1.29, 1.82) is 0 Å². The van der Waals surface area contributed by atoms with Crippen molar-refractivity contribution in [2.75, 3.05) is 26.2 Å². The van der Waals surface area contributed by atoms with Gasteiger partial charge in [0.1, 0.15) is 5.60 Å². The number of hydrogen-bond acceptors (Lipinski definition) is 5. The summed E-state index contributed by atoms with van der Waals surface area (Å²) in [7, 11) is 0. The third-order valence-electron chi connectivity index (χ3n) is 6.03. The average molecular weight is 462 g/mol. The lowest BCUT2D eigenvalue weighted by molar-refractivity contribution is -0.127. The summed E-state index contributed by atoms with van der Waals surface area (Å²) in [5.74, 6) is -0.332. The molecule has 33 heavy (non-hydrogen) atoms. The number of aliphatic hydroxyl groups is 1. The van der Waals surface area contributed by atoms with E-state index in [4.69, 9.17) is 4.74 Å². The van der Waals surface area contributed by atoms with E-state index in [0.29, 0.717) is 13.0 Å². The van der Waals surface area contributed by atoms with Crippen molar-refractivity contribution in [2.24, 2.45) is 11.8 Å². The predicted molar refractivity (Wildman–Crippen MR) is 131 cm³/mol. The summed E-state index contributed by atoms with van der Waals surface area (Å²) in [5, 5.41) is 17.0. The van der Waals surface area contributed by atoms with Crippen LogP contribution in [0.15, 0.2) is 30.3 Å². The minimum atomic E-state index is -0.894. The van der Waals surface area contributed by atoms with Crippen molar-refractivity contribution in [1.82, 2.24) is 15.5 Å². The summed E-state index contributed by atoms with van der Waals surface area (Å²) >= 11 is 0. The molecule has 1 aliphatic heterocycles. The molecule has 186 valence electrons. The van der Waals surface area contributed by atoms with E-state index >= 15 is 0 Å². The molecule has 7 heteroatoms. The summed E-state index contributed by atoms with van der Waals surface area (Å²) in [6.07, 6.45) is 1.70. The number of amides is 2. The van der Waals surface area contributed by atoms with Crippen molar-refractivity contribution in [3.05, 3.63) is 35.9 Å². The van der Waals surface area contributed by atoms with Gasteiger partial charge in [0.25, 0.3) is 0 Å². The van der Waals surface area contributed by atoms with E-state index in [-0.39, 0.29) is 24.2 Å². The predicted octanol–water partition coefficient (Wildman–Crippen LogP) is 3.36. The summed E-state index contributed by atoms with van der Waals surface area (Å²) in [6.45, 7) is 13.1. The number of ether oxygens (including phenoxy) is 1. The quantitative estimate of drug-likeness (QED) is 0.470. The minimum absolute atomic E-state index is 0.0426. The second-order valence-electron chi connectivity index (χ2n) is 10.4. The number of carbonyl (C=O) groups is 2. The first-order valence-corrected chi connectivity index (χ1v) is 12.3. The number of nitrogens with zero attached hydrogens (tertiary/aromatic N) is 1. The molecule has 1 aliphatic rings. The van der Waals surface area contributed by atoms with Crippen LogP contribution in [0, 0.1) is 11.8 Å². The molecule has 0 aliphatic carbocycles. The van der Waals surface area contributed by atoms with Crippen LogP contribution < -0.4 is 10.6 Å². The number of benzene rings is 1. The maximum atomic E-state index is 12.9. The molecule has 0 spiro atoms. The Hall–Kier alpha value is -2.12. The van der Waals surface area contributed by atoms with Crippen molar-refractivity contribution < 1.29 is 19.4 Å². The van der Waals surface area contributed by atoms with Gasteiger partial charge in [-0.1, -0.05) is 44.2 Å². The van der Waals surface area contributed by atoms with E-state index in [2.05, 4.69) is 15.5 Å². The van der Waals surface area contributed by atoms with Crippen LogP contribution in [-0.4, -0.2) is 65.9 Å². The Kier molecular flexibility index (Phi) is 10.6. The molecular weight excluding hydrogens is 418 g/mol. The molecular formula is C26H43N3O4. The summed E-state index contributed by atoms with van der Waals surface area (Å²) in [4.78, 5) is 27.7. The van der Waals surface area contributed by atoms with Crippen LogP contribution in [0.25, 0.3) is 0 Å². The zero-order chi connectivity index (χ0) is 24.4. The highest BCUT2D eigenvalue weighted by Crippen LogP contribution is 2.21. The number of carbonyl (C=O) groups excluding carboxylic acids is 2. The molecule has 2 rings (SSSR count). The van der Waals surface area contributed by atoms with Gasteiger partial charge in [0.15, 0.2) is 0 Å². The van der Waals surface area contributed by atoms with Gasteiger partial charge >= 0.3 is 6.09 Å². The first-order valence-electron chi connectivity index (χ1n) is 12.3. The van der Waals surface area contributed by atoms with Gasteiger partial charge in [0.05, 0.1) is 12.1 Å². The second-order valence-corrected chi connectivity index (χ2v) is 10.4. The van der Waals surface area contributed by atoms with Crippen LogP contribution >= 0.6 is 0 Å². The molecule has 0 radical (unpaired) electrons. The van der Waals surface area contributed by atoms with Gasteiger partial charge < -0.3 is 25.4 Å². The minimum Gasteiger partial charge on any atom is -0.444 e. The lowest BCUT2D eigenvalue weighted by atomic mass is 9.86. The van der Waals surface area contributed by atoms with Gasteiger partial charge in [-0.3, -0.25) is 4.79 Å². The summed E-state index contributed by atoms with van der Waals surface area (Å²) < 4.78 is 5.41. The molecule has 0 aromatic heterocycles. The van der Waals surface area contributed by atoms with Crippen LogP contribution in [0.1, 0.15) is 59.4 Å². The van der Waals surface area contributed by atoms with Crippen molar-refractivity contribution in [3.8, 4) is 0 Å². The highest BCUT2D eigenvalue weighted by Gasteiger charge is 2.31. The second kappa shape index (κ2) is 12.9. The zero-order valence-corrected chi connectivity index (χ0v) is 21.0. The van der Waals surface area contributed by atoms with Crippen molar-refractivity contribution >= 4 is 12.0 Å². The fraction of sp³-hybridized carbons (Fsp3) is 0.692. The molecule has 3 N–H and O–H groups in total. The Morgan fingerprint density at radius 2 is 1.76 bits per heavy atom. The molecule has 1 saturated heterocycles. The number of likely N-dealkylation sites (tertiary alicyclic amines) is 1. The maximum Gasteiger partial charge on any atom is 0.407 e. The topological polar surface area (TPSA) is 90.9 Å². The molecule has 1 fully saturated rings. The van der Waals surface area contributed by atoms with Crippen LogP contribution in [0.2, 0.25) is 0 Å². The zero-order valence-electron chi connectivity index (χ0n) is 21.0. The molecule has 3 atom stereocenters. The van der Waals surface area contributed by atoms with Crippen LogP contribution in [-0.2, 0) is 16.0 Å². The van der Waals surface area contributed by atoms with Gasteiger partial charge in [-0.15, -0.1) is 0 Å². The number of alkyl carbamates (subject to hydrolysis) is 1. The molecule has 0 saturated carbocycles.